The normalized spacial score (nSPS) is 19.1. The molecule has 2 aromatic rings. The summed E-state index contributed by atoms with van der Waals surface area (Å²) < 4.78 is 2.40. The van der Waals surface area contributed by atoms with Gasteiger partial charge in [-0.25, -0.2) is 14.5 Å². The summed E-state index contributed by atoms with van der Waals surface area (Å²) in [4.78, 5) is 20.7. The van der Waals surface area contributed by atoms with Crippen LogP contribution in [0.3, 0.4) is 0 Å². The maximum absolute atomic E-state index is 11.1. The summed E-state index contributed by atoms with van der Waals surface area (Å²) >= 11 is 7.94. The molecule has 1 aliphatic heterocycles. The number of nitrogens with zero attached hydrogens (tertiary/aromatic N) is 5. The van der Waals surface area contributed by atoms with E-state index in [1.165, 1.54) is 4.90 Å². The lowest BCUT2D eigenvalue weighted by atomic mass is 10.1. The van der Waals surface area contributed by atoms with Crippen molar-refractivity contribution in [2.45, 2.75) is 18.9 Å². The minimum absolute atomic E-state index is 0.0588. The van der Waals surface area contributed by atoms with Crippen molar-refractivity contribution in [3.05, 3.63) is 8.98 Å². The fourth-order valence-electron chi connectivity index (χ4n) is 2.58. The Hall–Kier alpha value is -1.36. The fourth-order valence-corrected chi connectivity index (χ4v) is 3.50. The zero-order valence-electron chi connectivity index (χ0n) is 10.8. The van der Waals surface area contributed by atoms with Crippen LogP contribution in [-0.2, 0) is 0 Å². The second-order valence-corrected chi connectivity index (χ2v) is 6.20. The van der Waals surface area contributed by atoms with Gasteiger partial charge in [-0.2, -0.15) is 10.1 Å². The molecule has 0 radical (unpaired) electrons. The first-order valence-electron chi connectivity index (χ1n) is 6.32. The summed E-state index contributed by atoms with van der Waals surface area (Å²) in [5, 5.41) is 14.3. The predicted molar refractivity (Wildman–Crippen MR) is 85.3 cm³/mol. The van der Waals surface area contributed by atoms with Gasteiger partial charge in [-0.05, 0) is 47.0 Å². The first-order chi connectivity index (χ1) is 9.97. The van der Waals surface area contributed by atoms with Gasteiger partial charge in [0.15, 0.2) is 5.65 Å². The number of anilines is 1. The molecule has 8 nitrogen and oxygen atoms in total. The Bertz CT molecular complexity index is 720. The van der Waals surface area contributed by atoms with Crippen LogP contribution in [0.15, 0.2) is 0 Å². The van der Waals surface area contributed by atoms with Gasteiger partial charge in [0, 0.05) is 13.1 Å². The molecule has 10 heteroatoms. The van der Waals surface area contributed by atoms with E-state index in [0.29, 0.717) is 27.8 Å². The second-order valence-electron chi connectivity index (χ2n) is 4.84. The average molecular weight is 423 g/mol. The number of nitrogen functional groups attached to an aromatic ring is 1. The molecule has 112 valence electrons. The van der Waals surface area contributed by atoms with Gasteiger partial charge in [0.1, 0.15) is 9.52 Å². The van der Waals surface area contributed by atoms with Gasteiger partial charge in [-0.1, -0.05) is 0 Å². The minimum atomic E-state index is -0.918. The van der Waals surface area contributed by atoms with Crippen LogP contribution in [0.1, 0.15) is 18.9 Å². The number of nitrogens with two attached hydrogens (primary N) is 1. The highest BCUT2D eigenvalue weighted by molar-refractivity contribution is 14.1. The number of hydrogen-bond donors (Lipinski definition) is 2. The van der Waals surface area contributed by atoms with Gasteiger partial charge < -0.3 is 15.7 Å². The van der Waals surface area contributed by atoms with E-state index in [0.717, 1.165) is 12.8 Å². The number of piperidine rings is 1. The van der Waals surface area contributed by atoms with E-state index in [1.54, 1.807) is 4.68 Å². The SMILES string of the molecule is Nc1nc(Cl)nc2c1c(I)nn2C1CCCN(C(=O)O)C1. The molecular weight excluding hydrogens is 411 g/mol. The molecule has 1 amide bonds. The molecule has 2 aromatic heterocycles. The first kappa shape index (κ1) is 14.6. The van der Waals surface area contributed by atoms with Crippen molar-refractivity contribution in [3.8, 4) is 0 Å². The Labute approximate surface area is 138 Å². The average Bonchev–Trinajstić information content (AvgIpc) is 2.76. The third kappa shape index (κ3) is 2.59. The molecule has 0 aliphatic carbocycles. The summed E-state index contributed by atoms with van der Waals surface area (Å²) in [5.74, 6) is 0.284. The van der Waals surface area contributed by atoms with Crippen molar-refractivity contribution < 1.29 is 9.90 Å². The van der Waals surface area contributed by atoms with Gasteiger partial charge in [0.2, 0.25) is 5.28 Å². The summed E-state index contributed by atoms with van der Waals surface area (Å²) in [6.07, 6.45) is 0.694. The largest absolute Gasteiger partial charge is 0.465 e. The maximum atomic E-state index is 11.1. The number of amides is 1. The molecule has 0 saturated carbocycles. The van der Waals surface area contributed by atoms with E-state index in [-0.39, 0.29) is 17.1 Å². The lowest BCUT2D eigenvalue weighted by Gasteiger charge is -2.30. The van der Waals surface area contributed by atoms with Crippen LogP contribution in [0.4, 0.5) is 10.6 Å². The van der Waals surface area contributed by atoms with Gasteiger partial charge in [0.25, 0.3) is 0 Å². The van der Waals surface area contributed by atoms with E-state index in [4.69, 9.17) is 22.4 Å². The molecule has 1 aliphatic rings. The van der Waals surface area contributed by atoms with Gasteiger partial charge >= 0.3 is 6.09 Å². The number of rotatable bonds is 1. The number of hydrogen-bond acceptors (Lipinski definition) is 5. The lowest BCUT2D eigenvalue weighted by Crippen LogP contribution is -2.40. The highest BCUT2D eigenvalue weighted by atomic mass is 127. The topological polar surface area (TPSA) is 110 Å². The van der Waals surface area contributed by atoms with Crippen molar-refractivity contribution in [1.29, 1.82) is 0 Å². The third-order valence-corrected chi connectivity index (χ3v) is 4.45. The summed E-state index contributed by atoms with van der Waals surface area (Å²) in [6.45, 7) is 0.920. The summed E-state index contributed by atoms with van der Waals surface area (Å²) in [6, 6.07) is -0.0776. The van der Waals surface area contributed by atoms with Crippen molar-refractivity contribution in [1.82, 2.24) is 24.6 Å². The monoisotopic (exact) mass is 422 g/mol. The van der Waals surface area contributed by atoms with Crippen LogP contribution in [0.25, 0.3) is 11.0 Å². The molecule has 0 aromatic carbocycles. The van der Waals surface area contributed by atoms with Crippen molar-refractivity contribution in [2.75, 3.05) is 18.8 Å². The summed E-state index contributed by atoms with van der Waals surface area (Å²) in [5.41, 5.74) is 6.43. The van der Waals surface area contributed by atoms with E-state index < -0.39 is 6.09 Å². The number of carbonyl (C=O) groups is 1. The Morgan fingerprint density at radius 1 is 1.48 bits per heavy atom. The zero-order valence-corrected chi connectivity index (χ0v) is 13.7. The van der Waals surface area contributed by atoms with Crippen molar-refractivity contribution in [2.24, 2.45) is 0 Å². The molecule has 3 heterocycles. The molecule has 1 unspecified atom stereocenters. The molecule has 1 fully saturated rings. The lowest BCUT2D eigenvalue weighted by molar-refractivity contribution is 0.120. The van der Waals surface area contributed by atoms with E-state index >= 15 is 0 Å². The maximum Gasteiger partial charge on any atom is 0.407 e. The zero-order chi connectivity index (χ0) is 15.1. The van der Waals surface area contributed by atoms with Crippen LogP contribution >= 0.6 is 34.2 Å². The molecule has 0 spiro atoms. The van der Waals surface area contributed by atoms with Crippen LogP contribution in [0.5, 0.6) is 0 Å². The van der Waals surface area contributed by atoms with Crippen molar-refractivity contribution in [3.63, 3.8) is 0 Å². The van der Waals surface area contributed by atoms with E-state index in [9.17, 15) is 4.79 Å². The summed E-state index contributed by atoms with van der Waals surface area (Å²) in [7, 11) is 0. The molecule has 3 N–H and O–H groups in total. The number of aromatic nitrogens is 4. The van der Waals surface area contributed by atoms with Crippen LogP contribution in [0, 0.1) is 3.70 Å². The smallest absolute Gasteiger partial charge is 0.407 e. The Kier molecular flexibility index (Phi) is 3.78. The van der Waals surface area contributed by atoms with E-state index in [1.807, 2.05) is 0 Å². The molecule has 0 bridgehead atoms. The molecule has 1 saturated heterocycles. The molecular formula is C11H12ClIN6O2. The van der Waals surface area contributed by atoms with E-state index in [2.05, 4.69) is 37.7 Å². The molecule has 21 heavy (non-hydrogen) atoms. The third-order valence-electron chi connectivity index (χ3n) is 3.52. The number of carboxylic acid groups (broad SMARTS) is 1. The van der Waals surface area contributed by atoms with Gasteiger partial charge in [-0.15, -0.1) is 0 Å². The minimum Gasteiger partial charge on any atom is -0.465 e. The fraction of sp³-hybridized carbons (Fsp3) is 0.455. The van der Waals surface area contributed by atoms with Crippen LogP contribution in [0.2, 0.25) is 5.28 Å². The molecule has 3 rings (SSSR count). The number of likely N-dealkylation sites (tertiary alicyclic amines) is 1. The Balaban J connectivity index is 2.06. The van der Waals surface area contributed by atoms with Crippen LogP contribution < -0.4 is 5.73 Å². The van der Waals surface area contributed by atoms with Gasteiger partial charge in [0.05, 0.1) is 11.4 Å². The molecule has 1 atom stereocenters. The van der Waals surface area contributed by atoms with Crippen LogP contribution in [-0.4, -0.2) is 48.9 Å². The predicted octanol–water partition coefficient (Wildman–Crippen LogP) is 1.98. The number of fused-ring (bicyclic) bond motifs is 1. The quantitative estimate of drug-likeness (QED) is 0.537. The highest BCUT2D eigenvalue weighted by Crippen LogP contribution is 2.30. The van der Waals surface area contributed by atoms with Crippen molar-refractivity contribution >= 4 is 57.1 Å². The highest BCUT2D eigenvalue weighted by Gasteiger charge is 2.28. The Morgan fingerprint density at radius 2 is 2.24 bits per heavy atom. The standard InChI is InChI=1S/C11H12ClIN6O2/c12-10-15-8(14)6-7(13)17-19(9(6)16-10)5-2-1-3-18(4-5)11(20)21/h5H,1-4H2,(H,20,21)(H2,14,15,16). The Morgan fingerprint density at radius 3 is 2.95 bits per heavy atom. The first-order valence-corrected chi connectivity index (χ1v) is 7.77. The second kappa shape index (κ2) is 5.44. The number of halogens is 2. The van der Waals surface area contributed by atoms with Gasteiger partial charge in [-0.3, -0.25) is 0 Å².